The number of aromatic nitrogens is 2. The van der Waals surface area contributed by atoms with Crippen molar-refractivity contribution in [1.82, 2.24) is 9.97 Å². The summed E-state index contributed by atoms with van der Waals surface area (Å²) in [6.07, 6.45) is 0. The Hall–Kier alpha value is -2.27. The molecule has 2 aromatic carbocycles. The first kappa shape index (κ1) is 12.7. The van der Waals surface area contributed by atoms with Gasteiger partial charge in [-0.15, -0.1) is 0 Å². The zero-order chi connectivity index (χ0) is 13.9. The molecule has 0 saturated heterocycles. The molecule has 5 heteroatoms. The minimum absolute atomic E-state index is 0.255. The largest absolute Gasteiger partial charge is 0.493 e. The van der Waals surface area contributed by atoms with Gasteiger partial charge in [0.2, 0.25) is 5.88 Å². The van der Waals surface area contributed by atoms with Crippen molar-refractivity contribution in [2.75, 3.05) is 0 Å². The Balaban J connectivity index is 1.88. The third-order valence-corrected chi connectivity index (χ3v) is 3.87. The van der Waals surface area contributed by atoms with Crippen molar-refractivity contribution in [3.63, 3.8) is 0 Å². The summed E-state index contributed by atoms with van der Waals surface area (Å²) >= 11 is 1.39. The maximum atomic E-state index is 11.3. The first-order valence-corrected chi connectivity index (χ1v) is 7.11. The van der Waals surface area contributed by atoms with Crippen LogP contribution >= 0.6 is 11.8 Å². The monoisotopic (exact) mass is 284 g/mol. The molecule has 0 atom stereocenters. The van der Waals surface area contributed by atoms with Crippen molar-refractivity contribution in [3.8, 4) is 5.88 Å². The van der Waals surface area contributed by atoms with Crippen LogP contribution in [0.3, 0.4) is 0 Å². The van der Waals surface area contributed by atoms with E-state index in [4.69, 9.17) is 0 Å². The van der Waals surface area contributed by atoms with Gasteiger partial charge in [-0.05, 0) is 16.3 Å². The highest BCUT2D eigenvalue weighted by atomic mass is 32.2. The average molecular weight is 284 g/mol. The number of aromatic hydroxyl groups is 1. The first-order chi connectivity index (χ1) is 9.72. The summed E-state index contributed by atoms with van der Waals surface area (Å²) in [4.78, 5) is 17.8. The van der Waals surface area contributed by atoms with Crippen LogP contribution in [0.5, 0.6) is 5.88 Å². The highest BCUT2D eigenvalue weighted by molar-refractivity contribution is 7.98. The third kappa shape index (κ3) is 2.67. The van der Waals surface area contributed by atoms with E-state index in [-0.39, 0.29) is 11.4 Å². The van der Waals surface area contributed by atoms with Gasteiger partial charge in [0.1, 0.15) is 0 Å². The summed E-state index contributed by atoms with van der Waals surface area (Å²) < 4.78 is 0. The van der Waals surface area contributed by atoms with Crippen LogP contribution in [-0.2, 0) is 5.75 Å². The summed E-state index contributed by atoms with van der Waals surface area (Å²) in [6.45, 7) is 0. The van der Waals surface area contributed by atoms with Gasteiger partial charge in [0, 0.05) is 5.75 Å². The van der Waals surface area contributed by atoms with Gasteiger partial charge in [-0.25, -0.2) is 0 Å². The summed E-state index contributed by atoms with van der Waals surface area (Å²) in [7, 11) is 0. The van der Waals surface area contributed by atoms with E-state index in [2.05, 4.69) is 34.2 Å². The van der Waals surface area contributed by atoms with Gasteiger partial charge in [-0.3, -0.25) is 4.79 Å². The molecule has 3 aromatic rings. The molecule has 0 fully saturated rings. The second-order valence-electron chi connectivity index (χ2n) is 4.34. The van der Waals surface area contributed by atoms with Gasteiger partial charge in [-0.1, -0.05) is 54.2 Å². The SMILES string of the molecule is O=c1cc(O)nc(SCc2cccc3ccccc23)[nH]1. The molecule has 0 bridgehead atoms. The number of nitrogens with one attached hydrogen (secondary N) is 1. The van der Waals surface area contributed by atoms with Gasteiger partial charge >= 0.3 is 0 Å². The molecule has 3 rings (SSSR count). The number of nitrogens with zero attached hydrogens (tertiary/aromatic N) is 1. The quantitative estimate of drug-likeness (QED) is 0.573. The molecule has 0 radical (unpaired) electrons. The lowest BCUT2D eigenvalue weighted by atomic mass is 10.1. The summed E-state index contributed by atoms with van der Waals surface area (Å²) in [5.41, 5.74) is 0.817. The van der Waals surface area contributed by atoms with Crippen LogP contribution in [0, 0.1) is 0 Å². The van der Waals surface area contributed by atoms with Gasteiger partial charge in [-0.2, -0.15) is 4.98 Å². The van der Waals surface area contributed by atoms with E-state index in [1.165, 1.54) is 28.1 Å². The van der Waals surface area contributed by atoms with Crippen LogP contribution in [0.15, 0.2) is 58.5 Å². The predicted molar refractivity (Wildman–Crippen MR) is 80.0 cm³/mol. The van der Waals surface area contributed by atoms with Gasteiger partial charge in [0.15, 0.2) is 5.16 Å². The van der Waals surface area contributed by atoms with Crippen molar-refractivity contribution < 1.29 is 5.11 Å². The van der Waals surface area contributed by atoms with Crippen molar-refractivity contribution >= 4 is 22.5 Å². The molecule has 4 nitrogen and oxygen atoms in total. The van der Waals surface area contributed by atoms with Gasteiger partial charge in [0.25, 0.3) is 5.56 Å². The molecule has 0 aliphatic carbocycles. The number of fused-ring (bicyclic) bond motifs is 1. The van der Waals surface area contributed by atoms with E-state index in [0.29, 0.717) is 10.9 Å². The molecule has 0 aliphatic rings. The third-order valence-electron chi connectivity index (χ3n) is 2.95. The maximum Gasteiger partial charge on any atom is 0.255 e. The molecular formula is C15H12N2O2S. The molecular weight excluding hydrogens is 272 g/mol. The van der Waals surface area contributed by atoms with Crippen molar-refractivity contribution in [2.45, 2.75) is 10.9 Å². The molecule has 20 heavy (non-hydrogen) atoms. The van der Waals surface area contributed by atoms with Crippen LogP contribution < -0.4 is 5.56 Å². The molecule has 1 heterocycles. The van der Waals surface area contributed by atoms with Gasteiger partial charge in [0.05, 0.1) is 6.07 Å². The predicted octanol–water partition coefficient (Wildman–Crippen LogP) is 2.92. The lowest BCUT2D eigenvalue weighted by molar-refractivity contribution is 0.444. The van der Waals surface area contributed by atoms with Crippen molar-refractivity contribution in [1.29, 1.82) is 0 Å². The van der Waals surface area contributed by atoms with E-state index in [1.807, 2.05) is 18.2 Å². The number of H-pyrrole nitrogens is 1. The fourth-order valence-electron chi connectivity index (χ4n) is 2.06. The number of hydrogen-bond donors (Lipinski definition) is 2. The standard InChI is InChI=1S/C15H12N2O2S/c18-13-8-14(19)17-15(16-13)20-9-11-6-3-5-10-4-1-2-7-12(10)11/h1-8H,9H2,(H2,16,17,18,19). The second-order valence-corrected chi connectivity index (χ2v) is 5.30. The average Bonchev–Trinajstić information content (AvgIpc) is 2.44. The van der Waals surface area contributed by atoms with Gasteiger partial charge < -0.3 is 10.1 Å². The van der Waals surface area contributed by atoms with Crippen molar-refractivity contribution in [3.05, 3.63) is 64.4 Å². The maximum absolute atomic E-state index is 11.3. The topological polar surface area (TPSA) is 66.0 Å². The van der Waals surface area contributed by atoms with E-state index in [9.17, 15) is 9.90 Å². The molecule has 0 unspecified atom stereocenters. The molecule has 100 valence electrons. The summed E-state index contributed by atoms with van der Waals surface area (Å²) in [6, 6.07) is 15.3. The minimum atomic E-state index is -0.349. The van der Waals surface area contributed by atoms with Crippen LogP contribution in [0.2, 0.25) is 0 Å². The van der Waals surface area contributed by atoms with Crippen LogP contribution in [-0.4, -0.2) is 15.1 Å². The second kappa shape index (κ2) is 5.38. The minimum Gasteiger partial charge on any atom is -0.493 e. The number of hydrogen-bond acceptors (Lipinski definition) is 4. The van der Waals surface area contributed by atoms with E-state index < -0.39 is 0 Å². The highest BCUT2D eigenvalue weighted by Gasteiger charge is 2.04. The number of aromatic amines is 1. The summed E-state index contributed by atoms with van der Waals surface area (Å²) in [5.74, 6) is 0.419. The molecule has 0 spiro atoms. The number of thioether (sulfide) groups is 1. The Morgan fingerprint density at radius 3 is 2.80 bits per heavy atom. The van der Waals surface area contributed by atoms with Crippen LogP contribution in [0.25, 0.3) is 10.8 Å². The highest BCUT2D eigenvalue weighted by Crippen LogP contribution is 2.25. The fraction of sp³-hybridized carbons (Fsp3) is 0.0667. The first-order valence-electron chi connectivity index (χ1n) is 6.12. The normalized spacial score (nSPS) is 10.8. The molecule has 0 saturated carbocycles. The number of rotatable bonds is 3. The van der Waals surface area contributed by atoms with Crippen LogP contribution in [0.4, 0.5) is 0 Å². The lowest BCUT2D eigenvalue weighted by Crippen LogP contribution is -2.06. The molecule has 0 aliphatic heterocycles. The molecule has 1 aromatic heterocycles. The fourth-order valence-corrected chi connectivity index (χ4v) is 2.93. The number of benzene rings is 2. The van der Waals surface area contributed by atoms with Crippen LogP contribution in [0.1, 0.15) is 5.56 Å². The van der Waals surface area contributed by atoms with E-state index >= 15 is 0 Å². The van der Waals surface area contributed by atoms with E-state index in [1.54, 1.807) is 0 Å². The Bertz CT molecular complexity index is 809. The zero-order valence-corrected chi connectivity index (χ0v) is 11.4. The summed E-state index contributed by atoms with van der Waals surface area (Å²) in [5, 5.41) is 12.1. The zero-order valence-electron chi connectivity index (χ0n) is 10.5. The Morgan fingerprint density at radius 2 is 1.95 bits per heavy atom. The van der Waals surface area contributed by atoms with Crippen molar-refractivity contribution in [2.24, 2.45) is 0 Å². The Morgan fingerprint density at radius 1 is 1.15 bits per heavy atom. The molecule has 0 amide bonds. The Kier molecular flexibility index (Phi) is 3.43. The smallest absolute Gasteiger partial charge is 0.255 e. The van der Waals surface area contributed by atoms with E-state index in [0.717, 1.165) is 6.07 Å². The Labute approximate surface area is 119 Å². The lowest BCUT2D eigenvalue weighted by Gasteiger charge is -2.06. The molecule has 2 N–H and O–H groups in total.